The molecule has 2 aliphatic heterocycles. The second-order valence-electron chi connectivity index (χ2n) is 14.7. The number of nitrogens with one attached hydrogen (secondary N) is 2. The lowest BCUT2D eigenvalue weighted by atomic mass is 9.97. The third-order valence-corrected chi connectivity index (χ3v) is 9.87. The summed E-state index contributed by atoms with van der Waals surface area (Å²) in [5.74, 6) is -3.12. The molecule has 2 saturated heterocycles. The van der Waals surface area contributed by atoms with Gasteiger partial charge in [0.2, 0.25) is 23.6 Å². The van der Waals surface area contributed by atoms with Crippen molar-refractivity contribution < 1.29 is 33.5 Å². The Morgan fingerprint density at radius 3 is 1.96 bits per heavy atom. The molecule has 282 valence electrons. The predicted octanol–water partition coefficient (Wildman–Crippen LogP) is 3.13. The zero-order chi connectivity index (χ0) is 37.9. The highest BCUT2D eigenvalue weighted by molar-refractivity contribution is 5.96. The molecule has 52 heavy (non-hydrogen) atoms. The number of hydrogen-bond donors (Lipinski definition) is 2. The zero-order valence-electron chi connectivity index (χ0n) is 31.4. The number of esters is 1. The topological polar surface area (TPSA) is 145 Å². The summed E-state index contributed by atoms with van der Waals surface area (Å²) in [7, 11) is 3.12. The van der Waals surface area contributed by atoms with Gasteiger partial charge in [0.15, 0.2) is 6.10 Å². The first-order chi connectivity index (χ1) is 24.8. The van der Waals surface area contributed by atoms with Gasteiger partial charge in [-0.25, -0.2) is 0 Å². The van der Waals surface area contributed by atoms with E-state index in [-0.39, 0.29) is 50.5 Å². The van der Waals surface area contributed by atoms with Gasteiger partial charge in [0.25, 0.3) is 5.91 Å². The van der Waals surface area contributed by atoms with Gasteiger partial charge in [-0.1, -0.05) is 88.4 Å². The number of likely N-dealkylation sites (N-methyl/N-ethyl adjacent to an activating group) is 2. The van der Waals surface area contributed by atoms with Gasteiger partial charge in [-0.2, -0.15) is 0 Å². The molecule has 2 heterocycles. The van der Waals surface area contributed by atoms with Crippen LogP contribution in [-0.2, 0) is 46.3 Å². The van der Waals surface area contributed by atoms with Gasteiger partial charge in [0.05, 0.1) is 0 Å². The Hall–Kier alpha value is -4.74. The maximum absolute atomic E-state index is 14.5. The van der Waals surface area contributed by atoms with E-state index in [1.807, 2.05) is 88.4 Å². The first-order valence-electron chi connectivity index (χ1n) is 18.5. The lowest BCUT2D eigenvalue weighted by molar-refractivity contribution is -0.162. The standard InChI is InChI=1S/C40H55N5O7/c1-26(2)23-33-39(50)45-22-14-19-31(45)37(48)42-30(24-28-15-9-7-10-16-28)38(49)44(6)35(27(3)4)40(51)43(5)32(25-29-17-11-8-12-18-29)36(47)41-21-13-20-34(46)52-33/h7-12,15-18,26-27,30-33,35H,13-14,19-25H2,1-6H3,(H,41,47)(H,42,48). The maximum atomic E-state index is 14.5. The van der Waals surface area contributed by atoms with Gasteiger partial charge in [0.1, 0.15) is 24.2 Å². The summed E-state index contributed by atoms with van der Waals surface area (Å²) in [6, 6.07) is 14.8. The summed E-state index contributed by atoms with van der Waals surface area (Å²) in [5, 5.41) is 5.83. The number of fused-ring (bicyclic) bond motifs is 1. The van der Waals surface area contributed by atoms with Crippen molar-refractivity contribution in [1.82, 2.24) is 25.3 Å². The van der Waals surface area contributed by atoms with Crippen LogP contribution >= 0.6 is 0 Å². The highest BCUT2D eigenvalue weighted by atomic mass is 16.5. The number of amides is 5. The highest BCUT2D eigenvalue weighted by Gasteiger charge is 2.42. The average Bonchev–Trinajstić information content (AvgIpc) is 3.61. The van der Waals surface area contributed by atoms with E-state index in [9.17, 15) is 28.8 Å². The lowest BCUT2D eigenvalue weighted by Crippen LogP contribution is -2.60. The van der Waals surface area contributed by atoms with Crippen molar-refractivity contribution in [2.75, 3.05) is 27.2 Å². The molecule has 5 atom stereocenters. The fourth-order valence-electron chi connectivity index (χ4n) is 7.10. The van der Waals surface area contributed by atoms with Crippen molar-refractivity contribution in [2.24, 2.45) is 11.8 Å². The quantitative estimate of drug-likeness (QED) is 0.419. The van der Waals surface area contributed by atoms with Crippen molar-refractivity contribution in [3.05, 3.63) is 71.8 Å². The molecule has 0 aromatic heterocycles. The van der Waals surface area contributed by atoms with Crippen LogP contribution in [0.4, 0.5) is 0 Å². The summed E-state index contributed by atoms with van der Waals surface area (Å²) in [6.07, 6.45) is 0.771. The second kappa shape index (κ2) is 18.7. The first kappa shape index (κ1) is 40.0. The third kappa shape index (κ3) is 10.4. The fourth-order valence-corrected chi connectivity index (χ4v) is 7.10. The van der Waals surface area contributed by atoms with Crippen LogP contribution in [-0.4, -0.2) is 108 Å². The maximum Gasteiger partial charge on any atom is 0.306 e. The van der Waals surface area contributed by atoms with Gasteiger partial charge in [0, 0.05) is 46.4 Å². The van der Waals surface area contributed by atoms with Crippen LogP contribution < -0.4 is 10.6 Å². The normalized spacial score (nSPS) is 24.8. The number of cyclic esters (lactones) is 1. The van der Waals surface area contributed by atoms with Crippen LogP contribution in [0.5, 0.6) is 0 Å². The summed E-state index contributed by atoms with van der Waals surface area (Å²) < 4.78 is 5.73. The molecule has 0 saturated carbocycles. The van der Waals surface area contributed by atoms with Crippen LogP contribution in [0.25, 0.3) is 0 Å². The minimum Gasteiger partial charge on any atom is -0.452 e. The van der Waals surface area contributed by atoms with Crippen molar-refractivity contribution in [2.45, 2.75) is 103 Å². The molecule has 0 bridgehead atoms. The third-order valence-electron chi connectivity index (χ3n) is 9.87. The molecule has 12 nitrogen and oxygen atoms in total. The van der Waals surface area contributed by atoms with E-state index in [2.05, 4.69) is 10.6 Å². The summed E-state index contributed by atoms with van der Waals surface area (Å²) >= 11 is 0. The van der Waals surface area contributed by atoms with Gasteiger partial charge >= 0.3 is 5.97 Å². The van der Waals surface area contributed by atoms with E-state index in [0.717, 1.165) is 11.1 Å². The molecule has 2 aliphatic rings. The Morgan fingerprint density at radius 1 is 0.750 bits per heavy atom. The number of benzene rings is 2. The van der Waals surface area contributed by atoms with Crippen molar-refractivity contribution in [3.8, 4) is 0 Å². The summed E-state index contributed by atoms with van der Waals surface area (Å²) in [4.78, 5) is 87.9. The molecule has 0 spiro atoms. The number of ether oxygens (including phenoxy) is 1. The first-order valence-corrected chi connectivity index (χ1v) is 18.5. The van der Waals surface area contributed by atoms with E-state index in [0.29, 0.717) is 19.4 Å². The minimum absolute atomic E-state index is 0.0278. The monoisotopic (exact) mass is 717 g/mol. The number of hydrogen-bond acceptors (Lipinski definition) is 7. The largest absolute Gasteiger partial charge is 0.452 e. The summed E-state index contributed by atoms with van der Waals surface area (Å²) in [5.41, 5.74) is 1.65. The molecule has 12 heteroatoms. The number of rotatable bonds is 7. The van der Waals surface area contributed by atoms with Crippen LogP contribution in [0.15, 0.2) is 60.7 Å². The highest BCUT2D eigenvalue weighted by Crippen LogP contribution is 2.24. The smallest absolute Gasteiger partial charge is 0.306 e. The van der Waals surface area contributed by atoms with E-state index in [1.54, 1.807) is 14.1 Å². The van der Waals surface area contributed by atoms with Crippen LogP contribution in [0, 0.1) is 11.8 Å². The molecule has 2 aromatic rings. The van der Waals surface area contributed by atoms with Gasteiger partial charge < -0.3 is 30.1 Å². The van der Waals surface area contributed by atoms with Crippen LogP contribution in [0.2, 0.25) is 0 Å². The van der Waals surface area contributed by atoms with Crippen LogP contribution in [0.1, 0.15) is 70.9 Å². The molecule has 2 fully saturated rings. The van der Waals surface area contributed by atoms with Gasteiger partial charge in [-0.3, -0.25) is 28.8 Å². The van der Waals surface area contributed by atoms with Crippen molar-refractivity contribution in [1.29, 1.82) is 0 Å². The molecule has 0 radical (unpaired) electrons. The van der Waals surface area contributed by atoms with Crippen molar-refractivity contribution >= 4 is 35.5 Å². The van der Waals surface area contributed by atoms with Crippen LogP contribution in [0.3, 0.4) is 0 Å². The Balaban J connectivity index is 1.74. The molecule has 2 aromatic carbocycles. The molecular formula is C40H55N5O7. The molecule has 0 aliphatic carbocycles. The van der Waals surface area contributed by atoms with Gasteiger partial charge in [-0.05, 0) is 48.6 Å². The van der Waals surface area contributed by atoms with Gasteiger partial charge in [-0.15, -0.1) is 0 Å². The summed E-state index contributed by atoms with van der Waals surface area (Å²) in [6.45, 7) is 7.99. The van der Waals surface area contributed by atoms with E-state index in [1.165, 1.54) is 14.7 Å². The molecular weight excluding hydrogens is 662 g/mol. The minimum atomic E-state index is -1.07. The lowest BCUT2D eigenvalue weighted by Gasteiger charge is -2.38. The molecule has 5 amide bonds. The van der Waals surface area contributed by atoms with E-state index < -0.39 is 65.8 Å². The SMILES string of the molecule is CC(C)CC1OC(=O)CCCNC(=O)C(Cc2ccccc2)N(C)C(=O)C(C(C)C)N(C)C(=O)C(Cc2ccccc2)NC(=O)C2CCCN2C1=O. The Labute approximate surface area is 307 Å². The Bertz CT molecular complexity index is 1550. The fraction of sp³-hybridized carbons (Fsp3) is 0.550. The van der Waals surface area contributed by atoms with Crippen molar-refractivity contribution in [3.63, 3.8) is 0 Å². The average molecular weight is 718 g/mol. The number of carbonyl (C=O) groups excluding carboxylic acids is 6. The molecule has 5 unspecified atom stereocenters. The number of nitrogens with zero attached hydrogens (tertiary/aromatic N) is 3. The van der Waals surface area contributed by atoms with E-state index >= 15 is 0 Å². The Morgan fingerprint density at radius 2 is 1.37 bits per heavy atom. The molecule has 4 rings (SSSR count). The van der Waals surface area contributed by atoms with E-state index in [4.69, 9.17) is 4.74 Å². The predicted molar refractivity (Wildman–Crippen MR) is 196 cm³/mol. The second-order valence-corrected chi connectivity index (χ2v) is 14.7. The molecule has 2 N–H and O–H groups in total. The number of carbonyl (C=O) groups is 6. The Kier molecular flexibility index (Phi) is 14.4. The zero-order valence-corrected chi connectivity index (χ0v) is 31.4.